The van der Waals surface area contributed by atoms with Crippen LogP contribution in [-0.2, 0) is 4.74 Å². The van der Waals surface area contributed by atoms with E-state index in [2.05, 4.69) is 20.7 Å². The molecule has 0 bridgehead atoms. The first kappa shape index (κ1) is 11.5. The van der Waals surface area contributed by atoms with Crippen molar-refractivity contribution in [3.8, 4) is 0 Å². The average molecular weight is 212 g/mol. The normalized spacial score (nSPS) is 12.2. The number of nitrogens with zero attached hydrogens (tertiary/aromatic N) is 2. The first-order valence-electron chi connectivity index (χ1n) is 4.52. The van der Waals surface area contributed by atoms with Gasteiger partial charge in [-0.3, -0.25) is 0 Å². The number of hydrazine groups is 1. The molecule has 15 heavy (non-hydrogen) atoms. The molecule has 0 aliphatic carbocycles. The number of nitrogens with one attached hydrogen (secondary N) is 2. The van der Waals surface area contributed by atoms with E-state index >= 15 is 0 Å². The lowest BCUT2D eigenvalue weighted by Gasteiger charge is -2.14. The number of nitrogen functional groups attached to an aromatic ring is 2. The third-order valence-corrected chi connectivity index (χ3v) is 1.70. The minimum absolute atomic E-state index is 0.134. The van der Waals surface area contributed by atoms with E-state index in [4.69, 9.17) is 16.3 Å². The highest BCUT2D eigenvalue weighted by molar-refractivity contribution is 5.50. The van der Waals surface area contributed by atoms with Gasteiger partial charge < -0.3 is 21.2 Å². The van der Waals surface area contributed by atoms with E-state index in [9.17, 15) is 0 Å². The smallest absolute Gasteiger partial charge is 0.223 e. The fourth-order valence-electron chi connectivity index (χ4n) is 1.16. The third kappa shape index (κ3) is 3.56. The molecule has 1 heterocycles. The zero-order valence-corrected chi connectivity index (χ0v) is 8.82. The van der Waals surface area contributed by atoms with Gasteiger partial charge in [0.05, 0.1) is 6.61 Å². The first-order valence-corrected chi connectivity index (χ1v) is 4.52. The van der Waals surface area contributed by atoms with E-state index in [-0.39, 0.29) is 12.0 Å². The second-order valence-electron chi connectivity index (χ2n) is 3.14. The van der Waals surface area contributed by atoms with Crippen molar-refractivity contribution in [3.63, 3.8) is 0 Å². The molecule has 0 aliphatic heterocycles. The number of nitrogens with two attached hydrogens (primary N) is 2. The van der Waals surface area contributed by atoms with E-state index in [1.165, 1.54) is 0 Å². The lowest BCUT2D eigenvalue weighted by Crippen LogP contribution is -2.22. The molecule has 0 radical (unpaired) electrons. The predicted molar refractivity (Wildman–Crippen MR) is 59.2 cm³/mol. The van der Waals surface area contributed by atoms with Crippen LogP contribution < -0.4 is 22.3 Å². The minimum Gasteiger partial charge on any atom is -0.383 e. The molecular formula is C8H16N6O. The van der Waals surface area contributed by atoms with E-state index in [0.717, 1.165) is 0 Å². The van der Waals surface area contributed by atoms with Crippen LogP contribution in [0, 0.1) is 0 Å². The Morgan fingerprint density at radius 3 is 2.73 bits per heavy atom. The Kier molecular flexibility index (Phi) is 4.07. The van der Waals surface area contributed by atoms with Crippen LogP contribution in [-0.4, -0.2) is 29.7 Å². The molecule has 0 saturated carbocycles. The summed E-state index contributed by atoms with van der Waals surface area (Å²) in [5, 5.41) is 3.11. The monoisotopic (exact) mass is 212 g/mol. The molecule has 7 nitrogen and oxygen atoms in total. The summed E-state index contributed by atoms with van der Waals surface area (Å²) < 4.78 is 4.99. The number of anilines is 3. The summed E-state index contributed by atoms with van der Waals surface area (Å²) in [6.07, 6.45) is 0. The van der Waals surface area contributed by atoms with Gasteiger partial charge in [0.1, 0.15) is 11.6 Å². The quantitative estimate of drug-likeness (QED) is 0.394. The highest BCUT2D eigenvalue weighted by Crippen LogP contribution is 2.12. The van der Waals surface area contributed by atoms with E-state index in [1.54, 1.807) is 13.2 Å². The number of hydrogen-bond acceptors (Lipinski definition) is 7. The van der Waals surface area contributed by atoms with Gasteiger partial charge in [-0.1, -0.05) is 0 Å². The highest BCUT2D eigenvalue weighted by Gasteiger charge is 2.05. The summed E-state index contributed by atoms with van der Waals surface area (Å²) in [6.45, 7) is 2.55. The summed E-state index contributed by atoms with van der Waals surface area (Å²) in [5.74, 6) is 6.47. The zero-order valence-electron chi connectivity index (χ0n) is 8.82. The van der Waals surface area contributed by atoms with Crippen LogP contribution in [0.5, 0.6) is 0 Å². The van der Waals surface area contributed by atoms with Gasteiger partial charge in [0.25, 0.3) is 0 Å². The van der Waals surface area contributed by atoms with Crippen molar-refractivity contribution < 1.29 is 4.74 Å². The molecular weight excluding hydrogens is 196 g/mol. The van der Waals surface area contributed by atoms with Gasteiger partial charge in [-0.2, -0.15) is 9.97 Å². The predicted octanol–water partition coefficient (Wildman–Crippen LogP) is -0.209. The summed E-state index contributed by atoms with van der Waals surface area (Å²) in [7, 11) is 1.64. The molecule has 0 aliphatic rings. The molecule has 0 fully saturated rings. The number of aromatic nitrogens is 2. The van der Waals surface area contributed by atoms with Gasteiger partial charge in [0, 0.05) is 19.2 Å². The topological polar surface area (TPSA) is 111 Å². The van der Waals surface area contributed by atoms with E-state index < -0.39 is 0 Å². The van der Waals surface area contributed by atoms with E-state index in [0.29, 0.717) is 18.2 Å². The second kappa shape index (κ2) is 5.32. The maximum absolute atomic E-state index is 5.50. The molecule has 0 saturated heterocycles. The molecule has 0 aromatic carbocycles. The molecule has 6 N–H and O–H groups in total. The Morgan fingerprint density at radius 1 is 1.47 bits per heavy atom. The number of methoxy groups -OCH3 is 1. The van der Waals surface area contributed by atoms with Gasteiger partial charge in [0.15, 0.2) is 0 Å². The van der Waals surface area contributed by atoms with Crippen LogP contribution in [0.15, 0.2) is 6.07 Å². The molecule has 0 spiro atoms. The van der Waals surface area contributed by atoms with Crippen LogP contribution in [0.3, 0.4) is 0 Å². The lowest BCUT2D eigenvalue weighted by molar-refractivity contribution is 0.190. The molecule has 1 atom stereocenters. The third-order valence-electron chi connectivity index (χ3n) is 1.70. The molecule has 0 amide bonds. The molecule has 1 unspecified atom stereocenters. The highest BCUT2D eigenvalue weighted by atomic mass is 16.5. The van der Waals surface area contributed by atoms with Crippen molar-refractivity contribution in [1.82, 2.24) is 9.97 Å². The first-order chi connectivity index (χ1) is 7.15. The lowest BCUT2D eigenvalue weighted by atomic mass is 10.3. The molecule has 1 aromatic rings. The van der Waals surface area contributed by atoms with Gasteiger partial charge in [0.2, 0.25) is 5.95 Å². The van der Waals surface area contributed by atoms with Crippen LogP contribution >= 0.6 is 0 Å². The van der Waals surface area contributed by atoms with Crippen molar-refractivity contribution >= 4 is 17.6 Å². The summed E-state index contributed by atoms with van der Waals surface area (Å²) >= 11 is 0. The second-order valence-corrected chi connectivity index (χ2v) is 3.14. The van der Waals surface area contributed by atoms with Crippen molar-refractivity contribution in [1.29, 1.82) is 0 Å². The fraction of sp³-hybridized carbons (Fsp3) is 0.500. The zero-order chi connectivity index (χ0) is 11.3. The van der Waals surface area contributed by atoms with Crippen molar-refractivity contribution in [2.24, 2.45) is 5.84 Å². The summed E-state index contributed by atoms with van der Waals surface area (Å²) in [6, 6.07) is 1.80. The maximum Gasteiger partial charge on any atom is 0.223 e. The maximum atomic E-state index is 5.50. The van der Waals surface area contributed by atoms with Crippen LogP contribution in [0.4, 0.5) is 17.6 Å². The van der Waals surface area contributed by atoms with Crippen molar-refractivity contribution in [2.75, 3.05) is 30.2 Å². The largest absolute Gasteiger partial charge is 0.383 e. The van der Waals surface area contributed by atoms with Crippen LogP contribution in [0.2, 0.25) is 0 Å². The minimum atomic E-state index is 0.134. The van der Waals surface area contributed by atoms with Crippen molar-refractivity contribution in [2.45, 2.75) is 13.0 Å². The summed E-state index contributed by atoms with van der Waals surface area (Å²) in [4.78, 5) is 7.87. The Labute approximate surface area is 88.2 Å². The number of rotatable bonds is 5. The Bertz CT molecular complexity index is 318. The average Bonchev–Trinajstić information content (AvgIpc) is 2.17. The Balaban J connectivity index is 2.71. The molecule has 1 rings (SSSR count). The molecule has 7 heteroatoms. The van der Waals surface area contributed by atoms with Crippen LogP contribution in [0.1, 0.15) is 6.92 Å². The molecule has 1 aromatic heterocycles. The van der Waals surface area contributed by atoms with Gasteiger partial charge in [-0.05, 0) is 6.92 Å². The van der Waals surface area contributed by atoms with Crippen LogP contribution in [0.25, 0.3) is 0 Å². The Morgan fingerprint density at radius 2 is 2.13 bits per heavy atom. The Hall–Kier alpha value is -1.60. The standard InChI is InChI=1S/C8H16N6O/c1-5(4-15-2)11-6-3-7(14-10)13-8(9)12-6/h3,5H,4,10H2,1-2H3,(H4,9,11,12,13,14). The number of ether oxygens (including phenoxy) is 1. The van der Waals surface area contributed by atoms with Gasteiger partial charge in [-0.25, -0.2) is 5.84 Å². The van der Waals surface area contributed by atoms with E-state index in [1.807, 2.05) is 6.92 Å². The SMILES string of the molecule is COCC(C)Nc1cc(NN)nc(N)n1. The number of hydrogen-bond donors (Lipinski definition) is 4. The summed E-state index contributed by atoms with van der Waals surface area (Å²) in [5.41, 5.74) is 7.91. The van der Waals surface area contributed by atoms with Crippen molar-refractivity contribution in [3.05, 3.63) is 6.07 Å². The van der Waals surface area contributed by atoms with Gasteiger partial charge in [-0.15, -0.1) is 0 Å². The molecule has 84 valence electrons. The van der Waals surface area contributed by atoms with Gasteiger partial charge >= 0.3 is 0 Å². The fourth-order valence-corrected chi connectivity index (χ4v) is 1.16.